The Morgan fingerprint density at radius 1 is 1.17 bits per heavy atom. The minimum atomic E-state index is -0.161. The average molecular weight is 322 g/mol. The van der Waals surface area contributed by atoms with Crippen molar-refractivity contribution < 1.29 is 4.39 Å². The Hall–Kier alpha value is -2.15. The van der Waals surface area contributed by atoms with Gasteiger partial charge in [-0.05, 0) is 78.3 Å². The maximum absolute atomic E-state index is 13.7. The molecule has 0 heterocycles. The second-order valence-electron chi connectivity index (χ2n) is 6.10. The van der Waals surface area contributed by atoms with Crippen LogP contribution in [0.4, 0.5) is 4.39 Å². The van der Waals surface area contributed by atoms with Crippen LogP contribution in [0.15, 0.2) is 65.8 Å². The van der Waals surface area contributed by atoms with Crippen LogP contribution in [-0.4, -0.2) is 0 Å². The normalized spacial score (nSPS) is 16.9. The fourth-order valence-electron chi connectivity index (χ4n) is 3.15. The van der Waals surface area contributed by atoms with Crippen LogP contribution in [-0.2, 0) is 0 Å². The Morgan fingerprint density at radius 3 is 2.62 bits per heavy atom. The van der Waals surface area contributed by atoms with Crippen LogP contribution in [0.25, 0.3) is 11.1 Å². The average Bonchev–Trinajstić information content (AvgIpc) is 2.81. The summed E-state index contributed by atoms with van der Waals surface area (Å²) in [6.07, 6.45) is 15.8. The van der Waals surface area contributed by atoms with E-state index in [1.807, 2.05) is 13.0 Å². The van der Waals surface area contributed by atoms with Crippen LogP contribution in [0.1, 0.15) is 58.1 Å². The molecule has 0 aromatic heterocycles. The third kappa shape index (κ3) is 4.03. The molecule has 0 unspecified atom stereocenters. The molecule has 0 amide bonds. The zero-order valence-electron chi connectivity index (χ0n) is 15.2. The third-order valence-corrected chi connectivity index (χ3v) is 4.28. The molecular weight excluding hydrogens is 295 g/mol. The predicted octanol–water partition coefficient (Wildman–Crippen LogP) is 7.27. The lowest BCUT2D eigenvalue weighted by Gasteiger charge is -2.05. The fourth-order valence-corrected chi connectivity index (χ4v) is 3.15. The monoisotopic (exact) mass is 322 g/mol. The summed E-state index contributed by atoms with van der Waals surface area (Å²) in [6.45, 7) is 8.48. The minimum Gasteiger partial charge on any atom is -0.207 e. The molecule has 0 spiro atoms. The van der Waals surface area contributed by atoms with Gasteiger partial charge in [-0.15, -0.1) is 0 Å². The lowest BCUT2D eigenvalue weighted by molar-refractivity contribution is 0.627. The summed E-state index contributed by atoms with van der Waals surface area (Å²) < 4.78 is 13.7. The maximum Gasteiger partial charge on any atom is 0.123 e. The highest BCUT2D eigenvalue weighted by atomic mass is 19.1. The highest BCUT2D eigenvalue weighted by Crippen LogP contribution is 2.43. The topological polar surface area (TPSA) is 0 Å². The van der Waals surface area contributed by atoms with Crippen LogP contribution in [0.5, 0.6) is 0 Å². The molecule has 2 rings (SSSR count). The van der Waals surface area contributed by atoms with Gasteiger partial charge in [-0.1, -0.05) is 56.7 Å². The number of rotatable bonds is 6. The van der Waals surface area contributed by atoms with E-state index in [1.54, 1.807) is 12.1 Å². The van der Waals surface area contributed by atoms with E-state index >= 15 is 0 Å². The fraction of sp³-hybridized carbons (Fsp3) is 0.304. The summed E-state index contributed by atoms with van der Waals surface area (Å²) in [4.78, 5) is 0. The molecule has 126 valence electrons. The van der Waals surface area contributed by atoms with Gasteiger partial charge in [0, 0.05) is 0 Å². The quantitative estimate of drug-likeness (QED) is 0.483. The van der Waals surface area contributed by atoms with Crippen molar-refractivity contribution in [1.82, 2.24) is 0 Å². The third-order valence-electron chi connectivity index (χ3n) is 4.28. The van der Waals surface area contributed by atoms with Gasteiger partial charge in [0.1, 0.15) is 5.82 Å². The Labute approximate surface area is 145 Å². The van der Waals surface area contributed by atoms with E-state index < -0.39 is 0 Å². The van der Waals surface area contributed by atoms with Crippen LogP contribution in [0.2, 0.25) is 0 Å². The first-order valence-corrected chi connectivity index (χ1v) is 8.84. The van der Waals surface area contributed by atoms with E-state index in [0.29, 0.717) is 0 Å². The number of allylic oxidation sites excluding steroid dienone is 10. The van der Waals surface area contributed by atoms with Crippen molar-refractivity contribution in [2.75, 3.05) is 0 Å². The van der Waals surface area contributed by atoms with Gasteiger partial charge >= 0.3 is 0 Å². The Balaban J connectivity index is 2.56. The van der Waals surface area contributed by atoms with Gasteiger partial charge in [0.25, 0.3) is 0 Å². The lowest BCUT2D eigenvalue weighted by Crippen LogP contribution is -1.87. The van der Waals surface area contributed by atoms with E-state index in [4.69, 9.17) is 0 Å². The Morgan fingerprint density at radius 2 is 1.96 bits per heavy atom. The van der Waals surface area contributed by atoms with Crippen molar-refractivity contribution in [2.24, 2.45) is 0 Å². The van der Waals surface area contributed by atoms with Crippen LogP contribution >= 0.6 is 0 Å². The van der Waals surface area contributed by atoms with Gasteiger partial charge in [-0.2, -0.15) is 0 Å². The summed E-state index contributed by atoms with van der Waals surface area (Å²) in [7, 11) is 0. The number of halogens is 1. The van der Waals surface area contributed by atoms with E-state index in [9.17, 15) is 4.39 Å². The first kappa shape index (κ1) is 18.2. The molecule has 0 nitrogen and oxygen atoms in total. The van der Waals surface area contributed by atoms with Gasteiger partial charge in [0.05, 0.1) is 0 Å². The summed E-state index contributed by atoms with van der Waals surface area (Å²) in [5.74, 6) is -0.161. The van der Waals surface area contributed by atoms with Crippen molar-refractivity contribution in [3.8, 4) is 0 Å². The number of benzene rings is 1. The summed E-state index contributed by atoms with van der Waals surface area (Å²) in [5.41, 5.74) is 7.12. The molecule has 0 aliphatic heterocycles. The van der Waals surface area contributed by atoms with Crippen molar-refractivity contribution >= 4 is 11.1 Å². The Bertz CT molecular complexity index is 739. The molecule has 0 atom stereocenters. The number of fused-ring (bicyclic) bond motifs is 1. The van der Waals surface area contributed by atoms with Gasteiger partial charge < -0.3 is 0 Å². The van der Waals surface area contributed by atoms with Crippen LogP contribution in [0.3, 0.4) is 0 Å². The number of hydrogen-bond acceptors (Lipinski definition) is 0. The summed E-state index contributed by atoms with van der Waals surface area (Å²) in [6, 6.07) is 5.16. The molecule has 1 heteroatoms. The van der Waals surface area contributed by atoms with Crippen molar-refractivity contribution in [3.05, 3.63) is 82.7 Å². The molecule has 0 saturated heterocycles. The zero-order valence-corrected chi connectivity index (χ0v) is 15.2. The first-order valence-electron chi connectivity index (χ1n) is 8.84. The standard InChI is InChI=1S/C23H27F/c1-5-8-9-12-18(10-6-2)15-22-17(4)20(11-7-3)23-16-19(24)13-14-21(22)23/h6,8-10,12-16H,5,7,11H2,1-4H3/b9-8+,10-6-,18-12+,22-15-. The van der Waals surface area contributed by atoms with Crippen LogP contribution < -0.4 is 0 Å². The SMILES string of the molecule is C\C=C/C(=C\C=C\CC)/C=C1/C(C)=C(CCC)c2cc(F)ccc21. The van der Waals surface area contributed by atoms with E-state index in [1.165, 1.54) is 16.7 Å². The van der Waals surface area contributed by atoms with E-state index in [2.05, 4.69) is 57.2 Å². The predicted molar refractivity (Wildman–Crippen MR) is 104 cm³/mol. The first-order chi connectivity index (χ1) is 11.6. The Kier molecular flexibility index (Phi) is 6.54. The molecule has 0 saturated carbocycles. The molecular formula is C23H27F. The van der Waals surface area contributed by atoms with Crippen molar-refractivity contribution in [2.45, 2.75) is 47.0 Å². The van der Waals surface area contributed by atoms with Crippen LogP contribution in [0, 0.1) is 5.82 Å². The van der Waals surface area contributed by atoms with Gasteiger partial charge in [0.2, 0.25) is 0 Å². The largest absolute Gasteiger partial charge is 0.207 e. The molecule has 1 aliphatic rings. The second kappa shape index (κ2) is 8.63. The maximum atomic E-state index is 13.7. The van der Waals surface area contributed by atoms with Crippen molar-refractivity contribution in [3.63, 3.8) is 0 Å². The zero-order chi connectivity index (χ0) is 17.5. The van der Waals surface area contributed by atoms with Gasteiger partial charge in [-0.25, -0.2) is 4.39 Å². The molecule has 1 aliphatic carbocycles. The lowest BCUT2D eigenvalue weighted by atomic mass is 10.00. The molecule has 24 heavy (non-hydrogen) atoms. The summed E-state index contributed by atoms with van der Waals surface area (Å²) in [5, 5.41) is 0. The van der Waals surface area contributed by atoms with E-state index in [-0.39, 0.29) is 5.82 Å². The second-order valence-corrected chi connectivity index (χ2v) is 6.10. The molecule has 1 aromatic carbocycles. The molecule has 1 aromatic rings. The number of hydrogen-bond donors (Lipinski definition) is 0. The van der Waals surface area contributed by atoms with Crippen molar-refractivity contribution in [1.29, 1.82) is 0 Å². The van der Waals surface area contributed by atoms with Gasteiger partial charge in [0.15, 0.2) is 0 Å². The molecule has 0 radical (unpaired) electrons. The summed E-state index contributed by atoms with van der Waals surface area (Å²) >= 11 is 0. The molecule has 0 N–H and O–H groups in total. The smallest absolute Gasteiger partial charge is 0.123 e. The van der Waals surface area contributed by atoms with E-state index in [0.717, 1.165) is 36.0 Å². The highest BCUT2D eigenvalue weighted by Gasteiger charge is 2.23. The highest BCUT2D eigenvalue weighted by molar-refractivity contribution is 6.00. The van der Waals surface area contributed by atoms with Gasteiger partial charge in [-0.3, -0.25) is 0 Å². The molecule has 0 bridgehead atoms. The minimum absolute atomic E-state index is 0.161. The molecule has 0 fully saturated rings.